The lowest BCUT2D eigenvalue weighted by atomic mass is 10.2. The summed E-state index contributed by atoms with van der Waals surface area (Å²) in [5, 5.41) is 12.1. The molecule has 0 aliphatic heterocycles. The van der Waals surface area contributed by atoms with Crippen LogP contribution in [0.25, 0.3) is 11.4 Å². The highest BCUT2D eigenvalue weighted by molar-refractivity contribution is 8.00. The Morgan fingerprint density at radius 1 is 1.17 bits per heavy atom. The summed E-state index contributed by atoms with van der Waals surface area (Å²) in [6, 6.07) is 11.5. The van der Waals surface area contributed by atoms with Crippen molar-refractivity contribution in [3.8, 4) is 17.1 Å². The van der Waals surface area contributed by atoms with E-state index < -0.39 is 0 Å². The number of rotatable bonds is 9. The number of aromatic nitrogens is 4. The van der Waals surface area contributed by atoms with E-state index in [1.807, 2.05) is 43.3 Å². The predicted molar refractivity (Wildman–Crippen MR) is 114 cm³/mol. The molecule has 1 atom stereocenters. The fraction of sp³-hybridized carbons (Fsp3) is 0.333. The number of nitrogens with one attached hydrogen (secondary N) is 1. The van der Waals surface area contributed by atoms with Crippen molar-refractivity contribution in [1.29, 1.82) is 0 Å². The first-order chi connectivity index (χ1) is 14.1. The van der Waals surface area contributed by atoms with Gasteiger partial charge in [0.25, 0.3) is 0 Å². The molecule has 29 heavy (non-hydrogen) atoms. The SMILES string of the molecule is CCCn1c(S[C@H](C)C(=O)NCc2ccc(OC)cc2)nnc1-c1ccncc1. The van der Waals surface area contributed by atoms with E-state index in [0.717, 1.165) is 40.8 Å². The molecule has 0 unspecified atom stereocenters. The summed E-state index contributed by atoms with van der Waals surface area (Å²) in [6.07, 6.45) is 4.42. The van der Waals surface area contributed by atoms with Gasteiger partial charge < -0.3 is 14.6 Å². The molecule has 0 saturated carbocycles. The van der Waals surface area contributed by atoms with Crippen molar-refractivity contribution in [2.75, 3.05) is 7.11 Å². The Balaban J connectivity index is 1.65. The number of thioether (sulfide) groups is 1. The van der Waals surface area contributed by atoms with Crippen LogP contribution < -0.4 is 10.1 Å². The minimum atomic E-state index is -0.293. The van der Waals surface area contributed by atoms with Crippen LogP contribution in [0.3, 0.4) is 0 Å². The van der Waals surface area contributed by atoms with Gasteiger partial charge in [0, 0.05) is 31.0 Å². The summed E-state index contributed by atoms with van der Waals surface area (Å²) in [6.45, 7) is 5.24. The summed E-state index contributed by atoms with van der Waals surface area (Å²) in [4.78, 5) is 16.6. The van der Waals surface area contributed by atoms with Gasteiger partial charge in [0.2, 0.25) is 5.91 Å². The second-order valence-electron chi connectivity index (χ2n) is 6.52. The van der Waals surface area contributed by atoms with Crippen LogP contribution in [-0.4, -0.2) is 38.0 Å². The number of amides is 1. The number of carbonyl (C=O) groups is 1. The minimum Gasteiger partial charge on any atom is -0.497 e. The smallest absolute Gasteiger partial charge is 0.233 e. The van der Waals surface area contributed by atoms with Gasteiger partial charge in [0.05, 0.1) is 12.4 Å². The summed E-state index contributed by atoms with van der Waals surface area (Å²) < 4.78 is 7.22. The summed E-state index contributed by atoms with van der Waals surface area (Å²) in [7, 11) is 1.63. The van der Waals surface area contributed by atoms with Crippen LogP contribution >= 0.6 is 11.8 Å². The topological polar surface area (TPSA) is 81.9 Å². The molecule has 3 rings (SSSR count). The van der Waals surface area contributed by atoms with Crippen LogP contribution in [0.1, 0.15) is 25.8 Å². The van der Waals surface area contributed by atoms with E-state index in [2.05, 4.69) is 32.0 Å². The van der Waals surface area contributed by atoms with Crippen LogP contribution in [0.5, 0.6) is 5.75 Å². The van der Waals surface area contributed by atoms with Crippen LogP contribution in [0, 0.1) is 0 Å². The van der Waals surface area contributed by atoms with Gasteiger partial charge >= 0.3 is 0 Å². The molecule has 0 radical (unpaired) electrons. The van der Waals surface area contributed by atoms with Crippen molar-refractivity contribution < 1.29 is 9.53 Å². The van der Waals surface area contributed by atoms with Crippen LogP contribution in [0.4, 0.5) is 0 Å². The quantitative estimate of drug-likeness (QED) is 0.542. The second-order valence-corrected chi connectivity index (χ2v) is 7.83. The fourth-order valence-corrected chi connectivity index (χ4v) is 3.70. The number of methoxy groups -OCH3 is 1. The van der Waals surface area contributed by atoms with Crippen molar-refractivity contribution in [2.24, 2.45) is 0 Å². The van der Waals surface area contributed by atoms with Crippen molar-refractivity contribution in [1.82, 2.24) is 25.1 Å². The van der Waals surface area contributed by atoms with Crippen molar-refractivity contribution in [2.45, 2.75) is 43.8 Å². The van der Waals surface area contributed by atoms with Gasteiger partial charge in [-0.2, -0.15) is 0 Å². The van der Waals surface area contributed by atoms with Crippen LogP contribution in [0.2, 0.25) is 0 Å². The van der Waals surface area contributed by atoms with Crippen LogP contribution in [-0.2, 0) is 17.9 Å². The third kappa shape index (κ3) is 5.35. The molecule has 2 heterocycles. The highest BCUT2D eigenvalue weighted by Crippen LogP contribution is 2.27. The average molecular weight is 412 g/mol. The molecule has 2 aromatic heterocycles. The molecule has 0 aliphatic rings. The van der Waals surface area contributed by atoms with Crippen LogP contribution in [0.15, 0.2) is 53.9 Å². The third-order valence-corrected chi connectivity index (χ3v) is 5.46. The van der Waals surface area contributed by atoms with E-state index in [1.54, 1.807) is 19.5 Å². The molecule has 8 heteroatoms. The monoisotopic (exact) mass is 411 g/mol. The van der Waals surface area contributed by atoms with Gasteiger partial charge in [-0.3, -0.25) is 9.78 Å². The van der Waals surface area contributed by atoms with E-state index in [1.165, 1.54) is 11.8 Å². The number of hydrogen-bond acceptors (Lipinski definition) is 6. The number of nitrogens with zero attached hydrogens (tertiary/aromatic N) is 4. The lowest BCUT2D eigenvalue weighted by molar-refractivity contribution is -0.120. The molecular formula is C21H25N5O2S. The van der Waals surface area contributed by atoms with Gasteiger partial charge in [-0.05, 0) is 43.2 Å². The maximum atomic E-state index is 12.6. The first kappa shape index (κ1) is 20.9. The van der Waals surface area contributed by atoms with E-state index in [9.17, 15) is 4.79 Å². The molecule has 0 spiro atoms. The molecule has 0 bridgehead atoms. The first-order valence-electron chi connectivity index (χ1n) is 9.53. The Morgan fingerprint density at radius 2 is 1.90 bits per heavy atom. The van der Waals surface area contributed by atoms with Crippen molar-refractivity contribution in [3.05, 3.63) is 54.4 Å². The highest BCUT2D eigenvalue weighted by atomic mass is 32.2. The number of ether oxygens (including phenoxy) is 1. The van der Waals surface area contributed by atoms with E-state index in [0.29, 0.717) is 6.54 Å². The van der Waals surface area contributed by atoms with Gasteiger partial charge in [0.1, 0.15) is 5.75 Å². The maximum Gasteiger partial charge on any atom is 0.233 e. The Hall–Kier alpha value is -2.87. The minimum absolute atomic E-state index is 0.0395. The fourth-order valence-electron chi connectivity index (χ4n) is 2.80. The molecule has 1 N–H and O–H groups in total. The second kappa shape index (κ2) is 10.1. The average Bonchev–Trinajstić information content (AvgIpc) is 3.15. The van der Waals surface area contributed by atoms with Gasteiger partial charge in [-0.25, -0.2) is 0 Å². The Bertz CT molecular complexity index is 928. The summed E-state index contributed by atoms with van der Waals surface area (Å²) >= 11 is 1.42. The number of benzene rings is 1. The zero-order valence-corrected chi connectivity index (χ0v) is 17.6. The molecule has 1 amide bonds. The molecular weight excluding hydrogens is 386 g/mol. The van der Waals surface area contributed by atoms with E-state index in [-0.39, 0.29) is 11.2 Å². The lowest BCUT2D eigenvalue weighted by Crippen LogP contribution is -2.30. The summed E-state index contributed by atoms with van der Waals surface area (Å²) in [5.74, 6) is 1.55. The van der Waals surface area contributed by atoms with Gasteiger partial charge in [0.15, 0.2) is 11.0 Å². The van der Waals surface area contributed by atoms with Crippen molar-refractivity contribution in [3.63, 3.8) is 0 Å². The normalized spacial score (nSPS) is 11.8. The van der Waals surface area contributed by atoms with E-state index >= 15 is 0 Å². The maximum absolute atomic E-state index is 12.6. The van der Waals surface area contributed by atoms with Gasteiger partial charge in [-0.15, -0.1) is 10.2 Å². The number of hydrogen-bond donors (Lipinski definition) is 1. The Morgan fingerprint density at radius 3 is 2.55 bits per heavy atom. The highest BCUT2D eigenvalue weighted by Gasteiger charge is 2.20. The molecule has 7 nitrogen and oxygen atoms in total. The predicted octanol–water partition coefficient (Wildman–Crippen LogP) is 3.56. The number of carbonyl (C=O) groups excluding carboxylic acids is 1. The summed E-state index contributed by atoms with van der Waals surface area (Å²) in [5.41, 5.74) is 1.98. The number of pyridine rings is 1. The standard InChI is InChI=1S/C21H25N5O2S/c1-4-13-26-19(17-9-11-22-12-10-17)24-25-21(26)29-15(2)20(27)23-14-16-5-7-18(28-3)8-6-16/h5-12,15H,4,13-14H2,1-3H3,(H,23,27)/t15-/m1/s1. The largest absolute Gasteiger partial charge is 0.497 e. The molecule has 1 aromatic carbocycles. The Kier molecular flexibility index (Phi) is 7.24. The lowest BCUT2D eigenvalue weighted by Gasteiger charge is -2.13. The molecule has 0 fully saturated rings. The zero-order valence-electron chi connectivity index (χ0n) is 16.8. The first-order valence-corrected chi connectivity index (χ1v) is 10.4. The third-order valence-electron chi connectivity index (χ3n) is 4.38. The Labute approximate surface area is 174 Å². The molecule has 0 saturated heterocycles. The van der Waals surface area contributed by atoms with Gasteiger partial charge in [-0.1, -0.05) is 30.8 Å². The van der Waals surface area contributed by atoms with E-state index in [4.69, 9.17) is 4.74 Å². The molecule has 0 aliphatic carbocycles. The molecule has 3 aromatic rings. The molecule has 152 valence electrons. The zero-order chi connectivity index (χ0) is 20.6. The van der Waals surface area contributed by atoms with Crippen molar-refractivity contribution >= 4 is 17.7 Å².